The van der Waals surface area contributed by atoms with Crippen LogP contribution in [0.15, 0.2) is 24.3 Å². The molecule has 1 aromatic heterocycles. The van der Waals surface area contributed by atoms with Gasteiger partial charge in [0.15, 0.2) is 0 Å². The Hall–Kier alpha value is -1.98. The zero-order valence-corrected chi connectivity index (χ0v) is 17.1. The lowest BCUT2D eigenvalue weighted by molar-refractivity contribution is -0.0361. The molecule has 28 heavy (non-hydrogen) atoms. The van der Waals surface area contributed by atoms with Crippen LogP contribution in [0.1, 0.15) is 53.7 Å². The number of carbonyl (C=O) groups is 1. The summed E-state index contributed by atoms with van der Waals surface area (Å²) in [6.45, 7) is 8.21. The average Bonchev–Trinajstić information content (AvgIpc) is 2.73. The Morgan fingerprint density at radius 1 is 1.14 bits per heavy atom. The van der Waals surface area contributed by atoms with E-state index in [4.69, 9.17) is 4.74 Å². The average molecular weight is 382 g/mol. The number of ether oxygens (including phenoxy) is 1. The predicted molar refractivity (Wildman–Crippen MR) is 112 cm³/mol. The van der Waals surface area contributed by atoms with E-state index in [-0.39, 0.29) is 11.4 Å². The molecule has 2 fully saturated rings. The summed E-state index contributed by atoms with van der Waals surface area (Å²) in [4.78, 5) is 20.3. The molecular formula is C23H31N3O2. The van der Waals surface area contributed by atoms with Gasteiger partial charge in [-0.1, -0.05) is 30.9 Å². The topological polar surface area (TPSA) is 54.5 Å². The van der Waals surface area contributed by atoms with Crippen LogP contribution in [0.3, 0.4) is 0 Å². The smallest absolute Gasteiger partial charge is 0.253 e. The van der Waals surface area contributed by atoms with Crippen molar-refractivity contribution >= 4 is 16.8 Å². The summed E-state index contributed by atoms with van der Waals surface area (Å²) in [6.07, 6.45) is 6.09. The molecule has 1 aromatic carbocycles. The van der Waals surface area contributed by atoms with E-state index in [1.807, 2.05) is 19.1 Å². The van der Waals surface area contributed by atoms with Crippen molar-refractivity contribution in [3.05, 3.63) is 41.1 Å². The summed E-state index contributed by atoms with van der Waals surface area (Å²) in [6, 6.07) is 8.16. The summed E-state index contributed by atoms with van der Waals surface area (Å²) >= 11 is 0. The first-order valence-corrected chi connectivity index (χ1v) is 10.6. The minimum Gasteiger partial charge on any atom is -0.379 e. The zero-order chi connectivity index (χ0) is 19.6. The number of nitrogens with zero attached hydrogens (tertiary/aromatic N) is 2. The molecule has 1 aliphatic carbocycles. The number of aromatic nitrogens is 1. The molecular weight excluding hydrogens is 350 g/mol. The van der Waals surface area contributed by atoms with Gasteiger partial charge in [-0.05, 0) is 44.9 Å². The monoisotopic (exact) mass is 381 g/mol. The van der Waals surface area contributed by atoms with Gasteiger partial charge in [-0.3, -0.25) is 14.7 Å². The number of aryl methyl sites for hydroxylation is 2. The number of hydrogen-bond donors (Lipinski definition) is 1. The van der Waals surface area contributed by atoms with E-state index in [1.54, 1.807) is 0 Å². The Morgan fingerprint density at radius 3 is 2.64 bits per heavy atom. The number of amides is 1. The van der Waals surface area contributed by atoms with Gasteiger partial charge >= 0.3 is 0 Å². The van der Waals surface area contributed by atoms with Gasteiger partial charge in [-0.15, -0.1) is 0 Å². The molecule has 2 heterocycles. The van der Waals surface area contributed by atoms with Gasteiger partial charge in [0.05, 0.1) is 30.0 Å². The minimum absolute atomic E-state index is 0.00776. The van der Waals surface area contributed by atoms with Crippen LogP contribution in [0.5, 0.6) is 0 Å². The third-order valence-electron chi connectivity index (χ3n) is 6.45. The molecule has 0 atom stereocenters. The summed E-state index contributed by atoms with van der Waals surface area (Å²) < 4.78 is 5.56. The van der Waals surface area contributed by atoms with Crippen LogP contribution in [0.4, 0.5) is 0 Å². The van der Waals surface area contributed by atoms with E-state index in [2.05, 4.69) is 34.3 Å². The second-order valence-corrected chi connectivity index (χ2v) is 8.38. The SMILES string of the molecule is Cc1ccc2nc(C)c(C(=O)NCC3(N4CCOCC4)CCCCC3)cc2c1. The van der Waals surface area contributed by atoms with Gasteiger partial charge < -0.3 is 10.1 Å². The van der Waals surface area contributed by atoms with Crippen molar-refractivity contribution in [3.8, 4) is 0 Å². The molecule has 1 saturated heterocycles. The van der Waals surface area contributed by atoms with Crippen LogP contribution >= 0.6 is 0 Å². The lowest BCUT2D eigenvalue weighted by Gasteiger charge is -2.48. The first kappa shape index (κ1) is 19.3. The van der Waals surface area contributed by atoms with E-state index < -0.39 is 0 Å². The number of hydrogen-bond acceptors (Lipinski definition) is 4. The highest BCUT2D eigenvalue weighted by molar-refractivity contribution is 5.98. The van der Waals surface area contributed by atoms with Crippen LogP contribution < -0.4 is 5.32 Å². The number of carbonyl (C=O) groups excluding carboxylic acids is 1. The van der Waals surface area contributed by atoms with E-state index >= 15 is 0 Å². The normalized spacial score (nSPS) is 20.2. The Balaban J connectivity index is 1.53. The largest absolute Gasteiger partial charge is 0.379 e. The molecule has 1 saturated carbocycles. The Labute approximate surface area is 167 Å². The molecule has 0 bridgehead atoms. The van der Waals surface area contributed by atoms with Crippen molar-refractivity contribution in [2.24, 2.45) is 0 Å². The molecule has 0 spiro atoms. The molecule has 150 valence electrons. The van der Waals surface area contributed by atoms with Crippen LogP contribution in [0.25, 0.3) is 10.9 Å². The highest BCUT2D eigenvalue weighted by Crippen LogP contribution is 2.34. The Morgan fingerprint density at radius 2 is 1.89 bits per heavy atom. The lowest BCUT2D eigenvalue weighted by Crippen LogP contribution is -2.59. The highest BCUT2D eigenvalue weighted by atomic mass is 16.5. The molecule has 1 amide bonds. The van der Waals surface area contributed by atoms with Crippen molar-refractivity contribution in [3.63, 3.8) is 0 Å². The van der Waals surface area contributed by atoms with E-state index in [9.17, 15) is 4.79 Å². The second-order valence-electron chi connectivity index (χ2n) is 8.38. The summed E-state index contributed by atoms with van der Waals surface area (Å²) in [5.74, 6) is -0.00776. The quantitative estimate of drug-likeness (QED) is 0.879. The maximum Gasteiger partial charge on any atom is 0.253 e. The van der Waals surface area contributed by atoms with Crippen molar-refractivity contribution in [1.82, 2.24) is 15.2 Å². The minimum atomic E-state index is -0.00776. The van der Waals surface area contributed by atoms with Crippen LogP contribution in [-0.4, -0.2) is 54.2 Å². The lowest BCUT2D eigenvalue weighted by atomic mass is 9.79. The van der Waals surface area contributed by atoms with Gasteiger partial charge in [0, 0.05) is 30.6 Å². The van der Waals surface area contributed by atoms with Gasteiger partial charge in [0.1, 0.15) is 0 Å². The molecule has 0 radical (unpaired) electrons. The highest BCUT2D eigenvalue weighted by Gasteiger charge is 2.38. The number of morpholine rings is 1. The van der Waals surface area contributed by atoms with Gasteiger partial charge in [0.2, 0.25) is 0 Å². The maximum atomic E-state index is 13.1. The maximum absolute atomic E-state index is 13.1. The molecule has 1 aliphatic heterocycles. The fourth-order valence-corrected chi connectivity index (χ4v) is 4.81. The first-order valence-electron chi connectivity index (χ1n) is 10.6. The van der Waals surface area contributed by atoms with Crippen LogP contribution in [0, 0.1) is 13.8 Å². The third-order valence-corrected chi connectivity index (χ3v) is 6.45. The standard InChI is InChI=1S/C23H31N3O2/c1-17-6-7-21-19(14-17)15-20(18(2)25-21)22(27)24-16-23(8-4-3-5-9-23)26-10-12-28-13-11-26/h6-7,14-15H,3-5,8-13,16H2,1-2H3,(H,24,27). The first-order chi connectivity index (χ1) is 13.6. The fourth-order valence-electron chi connectivity index (χ4n) is 4.81. The molecule has 5 nitrogen and oxygen atoms in total. The number of rotatable bonds is 4. The van der Waals surface area contributed by atoms with Gasteiger partial charge in [0.25, 0.3) is 5.91 Å². The van der Waals surface area contributed by atoms with Gasteiger partial charge in [-0.2, -0.15) is 0 Å². The number of pyridine rings is 1. The summed E-state index contributed by atoms with van der Waals surface area (Å²) in [5, 5.41) is 4.29. The van der Waals surface area contributed by atoms with Crippen molar-refractivity contribution < 1.29 is 9.53 Å². The molecule has 5 heteroatoms. The third kappa shape index (κ3) is 3.91. The van der Waals surface area contributed by atoms with E-state index in [0.29, 0.717) is 12.1 Å². The number of benzene rings is 1. The molecule has 4 rings (SSSR count). The molecule has 1 N–H and O–H groups in total. The van der Waals surface area contributed by atoms with E-state index in [1.165, 1.54) is 24.8 Å². The number of nitrogens with one attached hydrogen (secondary N) is 1. The van der Waals surface area contributed by atoms with Gasteiger partial charge in [-0.25, -0.2) is 0 Å². The second kappa shape index (κ2) is 8.18. The fraction of sp³-hybridized carbons (Fsp3) is 0.565. The summed E-state index contributed by atoms with van der Waals surface area (Å²) in [5.41, 5.74) is 3.67. The summed E-state index contributed by atoms with van der Waals surface area (Å²) in [7, 11) is 0. The zero-order valence-electron chi connectivity index (χ0n) is 17.1. The Bertz CT molecular complexity index is 852. The van der Waals surface area contributed by atoms with Crippen molar-refractivity contribution in [2.45, 2.75) is 51.5 Å². The molecule has 2 aromatic rings. The van der Waals surface area contributed by atoms with Crippen molar-refractivity contribution in [1.29, 1.82) is 0 Å². The predicted octanol–water partition coefficient (Wildman–Crippen LogP) is 3.62. The van der Waals surface area contributed by atoms with Crippen LogP contribution in [0.2, 0.25) is 0 Å². The Kier molecular flexibility index (Phi) is 5.65. The molecule has 0 unspecified atom stereocenters. The van der Waals surface area contributed by atoms with Crippen molar-refractivity contribution in [2.75, 3.05) is 32.8 Å². The number of fused-ring (bicyclic) bond motifs is 1. The van der Waals surface area contributed by atoms with E-state index in [0.717, 1.165) is 55.7 Å². The molecule has 2 aliphatic rings. The van der Waals surface area contributed by atoms with Crippen LogP contribution in [-0.2, 0) is 4.74 Å².